The number of amides is 1. The quantitative estimate of drug-likeness (QED) is 0.185. The number of nitrogens with one attached hydrogen (secondary N) is 2. The smallest absolute Gasteiger partial charge is 0.241 e. The fourth-order valence-electron chi connectivity index (χ4n) is 7.63. The number of benzene rings is 4. The fourth-order valence-corrected chi connectivity index (χ4v) is 7.63. The van der Waals surface area contributed by atoms with E-state index in [2.05, 4.69) is 27.7 Å². The third-order valence-electron chi connectivity index (χ3n) is 10.0. The molecule has 46 heavy (non-hydrogen) atoms. The molecule has 0 aliphatic carbocycles. The van der Waals surface area contributed by atoms with Gasteiger partial charge in [-0.3, -0.25) is 4.79 Å². The Kier molecular flexibility index (Phi) is 8.63. The molecular formula is C38H41F2N5O. The first-order chi connectivity index (χ1) is 22.4. The van der Waals surface area contributed by atoms with Crippen LogP contribution in [0.5, 0.6) is 0 Å². The summed E-state index contributed by atoms with van der Waals surface area (Å²) in [5.41, 5.74) is 11.4. The van der Waals surface area contributed by atoms with E-state index in [4.69, 9.17) is 5.73 Å². The van der Waals surface area contributed by atoms with Gasteiger partial charge < -0.3 is 26.2 Å². The number of halogens is 2. The Labute approximate surface area is 269 Å². The lowest BCUT2D eigenvalue weighted by Crippen LogP contribution is -2.35. The van der Waals surface area contributed by atoms with Crippen molar-refractivity contribution < 1.29 is 13.6 Å². The minimum Gasteiger partial charge on any atom is -0.399 e. The van der Waals surface area contributed by atoms with E-state index in [1.165, 1.54) is 17.7 Å². The topological polar surface area (TPSA) is 73.6 Å². The zero-order chi connectivity index (χ0) is 31.6. The standard InChI is InChI=1S/C38H41F2N5O/c39-32-23-31(24-33(40)37(32)44-21-18-26(19-22-44)25-5-2-1-3-6-25)45-35(27-8-12-29(41)13-9-27)16-17-36(45)28-10-14-30(15-11-28)43-38(46)34-7-4-20-42-34/h1-3,5-6,8-15,23-24,26,34-36,42H,4,7,16-22,41H2,(H,43,46)/t34?,35-,36?/m0/s1. The number of piperidine rings is 1. The molecule has 0 spiro atoms. The Hall–Kier alpha value is -4.43. The molecule has 6 nitrogen and oxygen atoms in total. The summed E-state index contributed by atoms with van der Waals surface area (Å²) in [5, 5.41) is 6.25. The summed E-state index contributed by atoms with van der Waals surface area (Å²) < 4.78 is 32.0. The fraction of sp³-hybridized carbons (Fsp3) is 0.342. The molecule has 3 fully saturated rings. The molecule has 1 amide bonds. The van der Waals surface area contributed by atoms with Crippen LogP contribution in [0.15, 0.2) is 91.0 Å². The summed E-state index contributed by atoms with van der Waals surface area (Å²) in [7, 11) is 0. The van der Waals surface area contributed by atoms with E-state index in [9.17, 15) is 4.79 Å². The van der Waals surface area contributed by atoms with Gasteiger partial charge in [-0.25, -0.2) is 8.78 Å². The second-order valence-corrected chi connectivity index (χ2v) is 12.9. The van der Waals surface area contributed by atoms with Gasteiger partial charge in [0, 0.05) is 30.2 Å². The second kappa shape index (κ2) is 13.1. The molecule has 0 saturated carbocycles. The number of nitrogen functional groups attached to an aromatic ring is 1. The molecule has 0 aromatic heterocycles. The normalized spacial score (nSPS) is 21.9. The maximum Gasteiger partial charge on any atom is 0.241 e. The number of rotatable bonds is 7. The van der Waals surface area contributed by atoms with Gasteiger partial charge in [0.15, 0.2) is 11.6 Å². The zero-order valence-electron chi connectivity index (χ0n) is 26.0. The average Bonchev–Trinajstić information content (AvgIpc) is 3.78. The van der Waals surface area contributed by atoms with E-state index in [-0.39, 0.29) is 29.7 Å². The number of carbonyl (C=O) groups excluding carboxylic acids is 1. The van der Waals surface area contributed by atoms with Crippen LogP contribution >= 0.6 is 0 Å². The number of hydrogen-bond donors (Lipinski definition) is 3. The van der Waals surface area contributed by atoms with Gasteiger partial charge in [-0.05, 0) is 104 Å². The van der Waals surface area contributed by atoms with Crippen LogP contribution in [0.1, 0.15) is 73.2 Å². The van der Waals surface area contributed by atoms with E-state index in [1.807, 2.05) is 71.6 Å². The maximum absolute atomic E-state index is 16.0. The second-order valence-electron chi connectivity index (χ2n) is 12.9. The number of carbonyl (C=O) groups is 1. The molecule has 8 heteroatoms. The van der Waals surface area contributed by atoms with Crippen molar-refractivity contribution in [3.8, 4) is 0 Å². The molecule has 4 aromatic carbocycles. The van der Waals surface area contributed by atoms with Crippen molar-refractivity contribution >= 4 is 28.7 Å². The number of nitrogens with zero attached hydrogens (tertiary/aromatic N) is 2. The van der Waals surface area contributed by atoms with E-state index in [1.54, 1.807) is 0 Å². The SMILES string of the molecule is Nc1ccc([C@@H]2CCC(c3ccc(NC(=O)C4CCCN4)cc3)N2c2cc(F)c(N3CCC(c4ccccc4)CC3)c(F)c2)cc1. The average molecular weight is 622 g/mol. The number of hydrogen-bond acceptors (Lipinski definition) is 5. The summed E-state index contributed by atoms with van der Waals surface area (Å²) >= 11 is 0. The molecule has 4 aromatic rings. The predicted octanol–water partition coefficient (Wildman–Crippen LogP) is 7.70. The van der Waals surface area contributed by atoms with Crippen molar-refractivity contribution in [2.24, 2.45) is 0 Å². The van der Waals surface area contributed by atoms with E-state index >= 15 is 8.78 Å². The minimum absolute atomic E-state index is 0.0218. The summed E-state index contributed by atoms with van der Waals surface area (Å²) in [6.45, 7) is 2.07. The molecule has 238 valence electrons. The van der Waals surface area contributed by atoms with Gasteiger partial charge in [0.1, 0.15) is 5.69 Å². The Balaban J connectivity index is 1.15. The Morgan fingerprint density at radius 2 is 1.37 bits per heavy atom. The van der Waals surface area contributed by atoms with Crippen molar-refractivity contribution in [1.82, 2.24) is 5.32 Å². The molecular weight excluding hydrogens is 580 g/mol. The lowest BCUT2D eigenvalue weighted by atomic mass is 9.89. The van der Waals surface area contributed by atoms with Crippen LogP contribution in [-0.2, 0) is 4.79 Å². The van der Waals surface area contributed by atoms with Gasteiger partial charge in [0.05, 0.1) is 18.1 Å². The van der Waals surface area contributed by atoms with Crippen molar-refractivity contribution in [3.63, 3.8) is 0 Å². The Morgan fingerprint density at radius 1 is 0.761 bits per heavy atom. The Bertz CT molecular complexity index is 1630. The van der Waals surface area contributed by atoms with Crippen LogP contribution in [0.3, 0.4) is 0 Å². The van der Waals surface area contributed by atoms with Gasteiger partial charge in [-0.1, -0.05) is 54.6 Å². The highest BCUT2D eigenvalue weighted by molar-refractivity contribution is 5.95. The van der Waals surface area contributed by atoms with Gasteiger partial charge >= 0.3 is 0 Å². The molecule has 0 radical (unpaired) electrons. The lowest BCUT2D eigenvalue weighted by Gasteiger charge is -2.36. The van der Waals surface area contributed by atoms with E-state index in [0.29, 0.717) is 30.4 Å². The molecule has 3 saturated heterocycles. The summed E-state index contributed by atoms with van der Waals surface area (Å²) in [6, 6.07) is 28.7. The van der Waals surface area contributed by atoms with Crippen LogP contribution in [0.4, 0.5) is 31.5 Å². The molecule has 3 atom stereocenters. The molecule has 3 heterocycles. The molecule has 4 N–H and O–H groups in total. The molecule has 7 rings (SSSR count). The highest BCUT2D eigenvalue weighted by atomic mass is 19.1. The predicted molar refractivity (Wildman–Crippen MR) is 181 cm³/mol. The molecule has 3 aliphatic rings. The largest absolute Gasteiger partial charge is 0.399 e. The van der Waals surface area contributed by atoms with E-state index < -0.39 is 11.6 Å². The van der Waals surface area contributed by atoms with Gasteiger partial charge in [0.25, 0.3) is 0 Å². The number of nitrogens with two attached hydrogens (primary N) is 1. The summed E-state index contributed by atoms with van der Waals surface area (Å²) in [5.74, 6) is -0.693. The monoisotopic (exact) mass is 621 g/mol. The third kappa shape index (κ3) is 6.18. The molecule has 2 unspecified atom stereocenters. The number of anilines is 4. The van der Waals surface area contributed by atoms with Crippen molar-refractivity contribution in [3.05, 3.63) is 119 Å². The van der Waals surface area contributed by atoms with E-state index in [0.717, 1.165) is 61.9 Å². The van der Waals surface area contributed by atoms with Gasteiger partial charge in [0.2, 0.25) is 5.91 Å². The first-order valence-electron chi connectivity index (χ1n) is 16.5. The van der Waals surface area contributed by atoms with Gasteiger partial charge in [-0.2, -0.15) is 0 Å². The van der Waals surface area contributed by atoms with Crippen LogP contribution in [0, 0.1) is 11.6 Å². The molecule has 3 aliphatic heterocycles. The minimum atomic E-state index is -0.534. The lowest BCUT2D eigenvalue weighted by molar-refractivity contribution is -0.117. The summed E-state index contributed by atoms with van der Waals surface area (Å²) in [4.78, 5) is 16.7. The zero-order valence-corrected chi connectivity index (χ0v) is 26.0. The van der Waals surface area contributed by atoms with Crippen LogP contribution in [-0.4, -0.2) is 31.6 Å². The highest BCUT2D eigenvalue weighted by Crippen LogP contribution is 2.48. The van der Waals surface area contributed by atoms with Crippen molar-refractivity contribution in [2.75, 3.05) is 40.5 Å². The van der Waals surface area contributed by atoms with Crippen LogP contribution in [0.2, 0.25) is 0 Å². The van der Waals surface area contributed by atoms with Crippen molar-refractivity contribution in [1.29, 1.82) is 0 Å². The third-order valence-corrected chi connectivity index (χ3v) is 10.0. The maximum atomic E-state index is 16.0. The Morgan fingerprint density at radius 3 is 1.96 bits per heavy atom. The van der Waals surface area contributed by atoms with Crippen LogP contribution in [0.25, 0.3) is 0 Å². The summed E-state index contributed by atoms with van der Waals surface area (Å²) in [6.07, 6.45) is 5.17. The highest BCUT2D eigenvalue weighted by Gasteiger charge is 2.37. The van der Waals surface area contributed by atoms with Crippen LogP contribution < -0.4 is 26.2 Å². The first kappa shape index (κ1) is 30.2. The molecule has 0 bridgehead atoms. The first-order valence-corrected chi connectivity index (χ1v) is 16.5. The van der Waals surface area contributed by atoms with Crippen molar-refractivity contribution in [2.45, 2.75) is 62.6 Å². The van der Waals surface area contributed by atoms with Gasteiger partial charge in [-0.15, -0.1) is 0 Å².